The molecule has 4 aromatic heterocycles. The highest BCUT2D eigenvalue weighted by Gasteiger charge is 2.50. The Kier molecular flexibility index (Phi) is 34.1. The van der Waals surface area contributed by atoms with Gasteiger partial charge in [-0.25, -0.2) is 93.1 Å². The molecule has 0 bridgehead atoms. The van der Waals surface area contributed by atoms with Crippen LogP contribution >= 0.6 is 104 Å². The fourth-order valence-electron chi connectivity index (χ4n) is 16.6. The topological polar surface area (TPSA) is 425 Å². The number of amidine groups is 4. The number of halogens is 8. The van der Waals surface area contributed by atoms with Crippen molar-refractivity contribution in [3.05, 3.63) is 245 Å². The number of likely N-dealkylation sites (N-methyl/N-ethyl adjacent to an activating group) is 1. The van der Waals surface area contributed by atoms with Crippen molar-refractivity contribution in [1.82, 2.24) is 64.3 Å². The number of ether oxygens (including phenoxy) is 4. The number of rotatable bonds is 29. The number of benzene rings is 4. The van der Waals surface area contributed by atoms with Crippen LogP contribution in [0.2, 0.25) is 20.1 Å². The zero-order valence-electron chi connectivity index (χ0n) is 74.4. The number of nitrogens with two attached hydrogens (primary N) is 1. The van der Waals surface area contributed by atoms with Crippen LogP contribution in [-0.2, 0) is 74.8 Å². The van der Waals surface area contributed by atoms with Gasteiger partial charge in [-0.2, -0.15) is 13.1 Å². The number of aliphatic imine (C=N–C) groups is 4. The lowest BCUT2D eigenvalue weighted by molar-refractivity contribution is -0.140. The minimum atomic E-state index is -3.98. The van der Waals surface area contributed by atoms with Crippen molar-refractivity contribution in [2.24, 2.45) is 25.1 Å². The second kappa shape index (κ2) is 45.3. The Bertz CT molecular complexity index is 6500. The largest absolute Gasteiger partial charge is 0.463 e. The number of sulfonamides is 2. The number of fused-ring (bicyclic) bond motifs is 4. The quantitative estimate of drug-likeness (QED) is 0.0110. The second-order valence-electron chi connectivity index (χ2n) is 32.2. The Morgan fingerprint density at radius 1 is 0.504 bits per heavy atom. The number of esters is 3. The van der Waals surface area contributed by atoms with Crippen molar-refractivity contribution >= 4 is 186 Å². The van der Waals surface area contributed by atoms with E-state index in [0.29, 0.717) is 117 Å². The van der Waals surface area contributed by atoms with Gasteiger partial charge in [-0.05, 0) is 134 Å². The lowest BCUT2D eigenvalue weighted by Crippen LogP contribution is -2.42. The average Bonchev–Trinajstić information content (AvgIpc) is 1.60. The molecule has 0 radical (unpaired) electrons. The molecule has 2 amide bonds. The van der Waals surface area contributed by atoms with Crippen LogP contribution in [0.4, 0.5) is 22.4 Å². The summed E-state index contributed by atoms with van der Waals surface area (Å²) in [5.41, 5.74) is 5.60. The maximum absolute atomic E-state index is 13.8. The minimum absolute atomic E-state index is 0.102. The molecule has 49 heteroatoms. The Morgan fingerprint density at radius 3 is 1.33 bits per heavy atom. The lowest BCUT2D eigenvalue weighted by Gasteiger charge is -2.33. The number of carbonyl (C=O) groups excluding carboxylic acids is 5. The van der Waals surface area contributed by atoms with Crippen LogP contribution in [0.25, 0.3) is 0 Å². The molecule has 0 spiro atoms. The molecule has 8 aromatic rings. The SMILES string of the molecule is CCNC(=O)C1=C2C[C@H](NC(=O)OC)CN2C(CCCCc2nccs2)=N[C@H]1c1ccc(F)cc1Cl.CCOC(=O)C1=C2C[C@H](NS(=O)(=O)C(C)C)CN2C(c2nccs2)=N[C@H]1c1ccc(F)cc1Cl.CCOC(=O)C1=C2C[C@H](NS(=O)(=O)C3CC3)CN2C(Sc2nccs2)=N[C@H]1c1ccc(F)cc1Cl.CCOC(=O)C1=C2C[C@H](NS(N)(=O)=O)CN2C(c2nccs2)=N[C@H]1c1ccc(F)cc1Cl. The van der Waals surface area contributed by atoms with E-state index in [0.717, 1.165) is 46.2 Å². The standard InChI is InChI=1S/C25H29ClFN5O3S.C22H22ClFN4O4S3.C22H24ClFN4O4S2.C19H19ClFN5O4S2/c1-3-28-24(33)22-19-13-16(30-25(34)35-2)14-32(19)20(6-4-5-7-21-29-10-11-36-21)31-23(22)17-9-8-15(27)12-18(17)26;1-2-32-20(29)18-17-10-13(27-35(30,31)14-4-5-14)11-28(17)21(34-22-25-7-8-33-22)26-19(18)15-6-3-12(24)9-16(15)23;1-4-32-22(29)18-17-10-14(27-34(30,31)12(2)3)11-28(17)20(21-25-7-8-33-21)26-19(18)15-6-5-13(24)9-16(15)23;1-2-30-19(27)15-14-8-11(25-32(22,28)29)9-26(14)17(18-23-5-6-31-18)24-16(15)12-4-3-10(21)7-13(12)20/h8-12,16,23H,3-7,13-14H2,1-2H3,(H,28,33)(H,30,34);3,6-9,13-14,19,27H,2,4-5,10-11H2,1H3;5-9,12,14,19,27H,4,10-11H2,1-3H3;3-7,11,16,25H,2,8-9H2,1H3,(H2,22,28,29)/t16-,23-;13-,19-;14-,19-;11-,16-/m0000/s1. The summed E-state index contributed by atoms with van der Waals surface area (Å²) in [6.07, 6.45) is 12.0. The fourth-order valence-corrected chi connectivity index (χ4v) is 24.4. The molecule has 730 valence electrons. The molecular formula is C88H94Cl4F4N18O15S8. The van der Waals surface area contributed by atoms with E-state index in [9.17, 15) is 66.8 Å². The van der Waals surface area contributed by atoms with Crippen molar-refractivity contribution < 1.29 is 85.7 Å². The summed E-state index contributed by atoms with van der Waals surface area (Å²) in [5.74, 6) is -2.24. The third-order valence-electron chi connectivity index (χ3n) is 22.6. The van der Waals surface area contributed by atoms with Crippen LogP contribution in [0.1, 0.15) is 161 Å². The summed E-state index contributed by atoms with van der Waals surface area (Å²) in [6, 6.07) is 10.8. The number of amides is 2. The fraction of sp³-hybridized carbons (Fsp3) is 0.398. The van der Waals surface area contributed by atoms with Crippen molar-refractivity contribution in [3.8, 4) is 0 Å². The van der Waals surface area contributed by atoms with Gasteiger partial charge < -0.3 is 49.2 Å². The molecule has 7 N–H and O–H groups in total. The van der Waals surface area contributed by atoms with E-state index in [2.05, 4.69) is 44.7 Å². The summed E-state index contributed by atoms with van der Waals surface area (Å²) in [4.78, 5) is 109. The summed E-state index contributed by atoms with van der Waals surface area (Å²) < 4.78 is 158. The first-order chi connectivity index (χ1) is 65.5. The summed E-state index contributed by atoms with van der Waals surface area (Å²) in [5, 5.41) is 20.7. The second-order valence-corrected chi connectivity index (χ2v) is 44.3. The maximum atomic E-state index is 13.8. The number of carbonyl (C=O) groups is 5. The van der Waals surface area contributed by atoms with E-state index < -0.39 is 125 Å². The normalized spacial score (nSPS) is 20.7. The van der Waals surface area contributed by atoms with E-state index in [1.165, 1.54) is 114 Å². The molecular weight excluding hydrogens is 2020 g/mol. The number of alkyl carbamates (subject to hydrolysis) is 1. The molecule has 0 unspecified atom stereocenters. The number of hydrogen-bond acceptors (Lipinski definition) is 32. The molecule has 4 saturated heterocycles. The number of unbranched alkanes of at least 4 members (excludes halogenated alkanes) is 1. The predicted octanol–water partition coefficient (Wildman–Crippen LogP) is 14.5. The van der Waals surface area contributed by atoms with E-state index >= 15 is 0 Å². The van der Waals surface area contributed by atoms with Gasteiger partial charge in [-0.1, -0.05) is 70.7 Å². The van der Waals surface area contributed by atoms with Crippen LogP contribution in [0.3, 0.4) is 0 Å². The van der Waals surface area contributed by atoms with E-state index in [1.807, 2.05) is 32.4 Å². The molecule has 17 rings (SSSR count). The number of thiazole rings is 4. The smallest absolute Gasteiger partial charge is 0.407 e. The molecule has 1 aliphatic carbocycles. The summed E-state index contributed by atoms with van der Waals surface area (Å²) in [6.45, 7) is 12.2. The molecule has 8 aliphatic heterocycles. The van der Waals surface area contributed by atoms with Crippen molar-refractivity contribution in [1.29, 1.82) is 0 Å². The van der Waals surface area contributed by atoms with Gasteiger partial charge >= 0.3 is 24.0 Å². The van der Waals surface area contributed by atoms with Crippen LogP contribution in [0, 0.1) is 23.3 Å². The van der Waals surface area contributed by atoms with Gasteiger partial charge in [0, 0.05) is 194 Å². The van der Waals surface area contributed by atoms with Crippen molar-refractivity contribution in [3.63, 3.8) is 0 Å². The number of methoxy groups -OCH3 is 1. The highest BCUT2D eigenvalue weighted by molar-refractivity contribution is 8.15. The third kappa shape index (κ3) is 24.7. The van der Waals surface area contributed by atoms with Crippen molar-refractivity contribution in [2.45, 2.75) is 169 Å². The number of nitrogens with one attached hydrogen (secondary N) is 5. The van der Waals surface area contributed by atoms with Gasteiger partial charge in [0.25, 0.3) is 16.1 Å². The van der Waals surface area contributed by atoms with Crippen molar-refractivity contribution in [2.75, 3.05) is 59.7 Å². The lowest BCUT2D eigenvalue weighted by atomic mass is 9.93. The Labute approximate surface area is 828 Å². The minimum Gasteiger partial charge on any atom is -0.463 e. The zero-order valence-corrected chi connectivity index (χ0v) is 84.0. The zero-order chi connectivity index (χ0) is 98.1. The maximum Gasteiger partial charge on any atom is 0.407 e. The Hall–Kier alpha value is -9.69. The first-order valence-corrected chi connectivity index (χ1v) is 53.8. The number of thioether (sulfide) groups is 1. The Morgan fingerprint density at radius 2 is 0.912 bits per heavy atom. The van der Waals surface area contributed by atoms with E-state index in [1.54, 1.807) is 92.5 Å². The van der Waals surface area contributed by atoms with Gasteiger partial charge in [0.15, 0.2) is 31.2 Å². The monoisotopic (exact) mass is 2110 g/mol. The molecule has 1 saturated carbocycles. The molecule has 8 atom stereocenters. The molecule has 33 nitrogen and oxygen atoms in total. The first kappa shape index (κ1) is 103. The summed E-state index contributed by atoms with van der Waals surface area (Å²) >= 11 is 32.6. The van der Waals surface area contributed by atoms with Crippen LogP contribution < -0.4 is 29.9 Å². The molecule has 137 heavy (non-hydrogen) atoms. The highest BCUT2D eigenvalue weighted by Crippen LogP contribution is 2.49. The van der Waals surface area contributed by atoms with Crippen LogP contribution in [0.5, 0.6) is 0 Å². The van der Waals surface area contributed by atoms with E-state index in [4.69, 9.17) is 90.5 Å². The molecule has 9 aliphatic rings. The van der Waals surface area contributed by atoms with Crippen LogP contribution in [0.15, 0.2) is 188 Å². The third-order valence-corrected chi connectivity index (χ3v) is 32.8. The Balaban J connectivity index is 0.000000146. The predicted molar refractivity (Wildman–Crippen MR) is 518 cm³/mol. The number of aromatic nitrogens is 4. The molecule has 5 fully saturated rings. The van der Waals surface area contributed by atoms with Gasteiger partial charge in [0.05, 0.1) is 70.8 Å². The van der Waals surface area contributed by atoms with Crippen LogP contribution in [-0.4, -0.2) is 212 Å². The summed E-state index contributed by atoms with van der Waals surface area (Å²) in [7, 11) is -9.65. The van der Waals surface area contributed by atoms with E-state index in [-0.39, 0.29) is 106 Å². The number of nitrogens with zero attached hydrogens (tertiary/aromatic N) is 12. The highest BCUT2D eigenvalue weighted by atomic mass is 35.5. The average molecular weight is 2120 g/mol. The van der Waals surface area contributed by atoms with Gasteiger partial charge in [-0.15, -0.1) is 45.3 Å². The number of aryl methyl sites for hydroxylation is 1. The van der Waals surface area contributed by atoms with Gasteiger partial charge in [0.1, 0.15) is 53.3 Å². The first-order valence-electron chi connectivity index (χ1n) is 43.3. The number of hydrogen-bond donors (Lipinski definition) is 6. The molecule has 12 heterocycles. The van der Waals surface area contributed by atoms with Gasteiger partial charge in [0.2, 0.25) is 20.0 Å². The van der Waals surface area contributed by atoms with Gasteiger partial charge in [-0.3, -0.25) is 19.8 Å². The molecule has 4 aromatic carbocycles.